The number of carbonyl (C=O) groups is 1. The number of ether oxygens (including phenoxy) is 1. The van der Waals surface area contributed by atoms with E-state index in [2.05, 4.69) is 15.0 Å². The Morgan fingerprint density at radius 2 is 1.86 bits per heavy atom. The van der Waals surface area contributed by atoms with Crippen LogP contribution in [0.25, 0.3) is 11.8 Å². The van der Waals surface area contributed by atoms with Crippen LogP contribution in [0.4, 0.5) is 4.39 Å². The molecule has 0 bridgehead atoms. The second-order valence-electron chi connectivity index (χ2n) is 8.52. The van der Waals surface area contributed by atoms with Gasteiger partial charge in [-0.05, 0) is 61.2 Å². The third-order valence-electron chi connectivity index (χ3n) is 5.81. The van der Waals surface area contributed by atoms with E-state index in [-0.39, 0.29) is 11.7 Å². The van der Waals surface area contributed by atoms with E-state index in [4.69, 9.17) is 4.74 Å². The Hall–Kier alpha value is -3.78. The molecule has 1 fully saturated rings. The Morgan fingerprint density at radius 3 is 2.51 bits per heavy atom. The number of hydrazine groups is 1. The van der Waals surface area contributed by atoms with Gasteiger partial charge in [-0.1, -0.05) is 38.1 Å². The normalized spacial score (nSPS) is 14.4. The van der Waals surface area contributed by atoms with Crippen LogP contribution in [-0.4, -0.2) is 51.5 Å². The van der Waals surface area contributed by atoms with Crippen molar-refractivity contribution in [2.24, 2.45) is 4.99 Å². The number of hydrogen-bond donors (Lipinski definition) is 0. The minimum absolute atomic E-state index is 0.254. The maximum atomic E-state index is 13.3. The van der Waals surface area contributed by atoms with E-state index in [0.29, 0.717) is 18.1 Å². The highest BCUT2D eigenvalue weighted by Gasteiger charge is 2.22. The van der Waals surface area contributed by atoms with Crippen molar-refractivity contribution in [1.29, 1.82) is 0 Å². The minimum Gasteiger partial charge on any atom is -0.495 e. The SMILES string of the molecule is CC.COc1cc(/C=C/C(=NC(C)=O)N2CCCCN2Cc2ccc(F)cc2)ccc1-n1cnc(C)c1. The fourth-order valence-corrected chi connectivity index (χ4v) is 4.12. The summed E-state index contributed by atoms with van der Waals surface area (Å²) in [5.41, 5.74) is 3.73. The smallest absolute Gasteiger partial charge is 0.244 e. The average Bonchev–Trinajstić information content (AvgIpc) is 3.35. The van der Waals surface area contributed by atoms with E-state index in [1.54, 1.807) is 25.6 Å². The number of aryl methyl sites for hydroxylation is 1. The van der Waals surface area contributed by atoms with E-state index in [1.807, 2.05) is 66.9 Å². The van der Waals surface area contributed by atoms with E-state index >= 15 is 0 Å². The van der Waals surface area contributed by atoms with Gasteiger partial charge in [0.1, 0.15) is 17.4 Å². The van der Waals surface area contributed by atoms with Crippen molar-refractivity contribution in [3.05, 3.63) is 83.7 Å². The van der Waals surface area contributed by atoms with Crippen molar-refractivity contribution >= 4 is 17.8 Å². The molecule has 0 spiro atoms. The van der Waals surface area contributed by atoms with Gasteiger partial charge in [0.2, 0.25) is 5.91 Å². The Kier molecular flexibility index (Phi) is 10.1. The zero-order valence-corrected chi connectivity index (χ0v) is 22.3. The molecule has 1 saturated heterocycles. The Balaban J connectivity index is 0.00000186. The molecule has 2 aromatic carbocycles. The van der Waals surface area contributed by atoms with Crippen LogP contribution >= 0.6 is 0 Å². The summed E-state index contributed by atoms with van der Waals surface area (Å²) in [6, 6.07) is 12.4. The molecular formula is C29H36FN5O2. The first-order valence-corrected chi connectivity index (χ1v) is 12.7. The number of imidazole rings is 1. The summed E-state index contributed by atoms with van der Waals surface area (Å²) in [5.74, 6) is 0.772. The first-order valence-electron chi connectivity index (χ1n) is 12.7. The lowest BCUT2D eigenvalue weighted by Crippen LogP contribution is -2.49. The Labute approximate surface area is 218 Å². The number of rotatable bonds is 6. The van der Waals surface area contributed by atoms with Crippen molar-refractivity contribution in [2.45, 2.75) is 47.1 Å². The first kappa shape index (κ1) is 27.8. The van der Waals surface area contributed by atoms with Gasteiger partial charge in [0.25, 0.3) is 0 Å². The summed E-state index contributed by atoms with van der Waals surface area (Å²) in [7, 11) is 1.64. The Bertz CT molecular complexity index is 1230. The van der Waals surface area contributed by atoms with Crippen molar-refractivity contribution in [3.63, 3.8) is 0 Å². The number of halogens is 1. The molecular weight excluding hydrogens is 469 g/mol. The third-order valence-corrected chi connectivity index (χ3v) is 5.81. The van der Waals surface area contributed by atoms with Gasteiger partial charge in [-0.25, -0.2) is 14.4 Å². The van der Waals surface area contributed by atoms with Crippen molar-refractivity contribution in [1.82, 2.24) is 19.6 Å². The maximum absolute atomic E-state index is 13.3. The van der Waals surface area contributed by atoms with Crippen molar-refractivity contribution in [2.75, 3.05) is 20.2 Å². The van der Waals surface area contributed by atoms with Crippen LogP contribution in [0.3, 0.4) is 0 Å². The van der Waals surface area contributed by atoms with Gasteiger partial charge in [-0.15, -0.1) is 0 Å². The molecule has 0 unspecified atom stereocenters. The second kappa shape index (κ2) is 13.5. The standard InChI is InChI=1S/C27H30FN5O2.C2H6/c1-20-17-31(19-29-20)25-12-8-22(16-26(25)35-3)9-13-27(30-21(2)34)33-15-5-4-14-32(33)18-23-6-10-24(28)11-7-23;1-2/h6-13,16-17,19H,4-5,14-15,18H2,1-3H3;1-2H3/b13-9+,30-27?;. The van der Waals surface area contributed by atoms with Crippen molar-refractivity contribution < 1.29 is 13.9 Å². The lowest BCUT2D eigenvalue weighted by molar-refractivity contribution is -0.115. The fourth-order valence-electron chi connectivity index (χ4n) is 4.12. The van der Waals surface area contributed by atoms with Gasteiger partial charge >= 0.3 is 0 Å². The predicted molar refractivity (Wildman–Crippen MR) is 146 cm³/mol. The first-order chi connectivity index (χ1) is 17.9. The zero-order valence-electron chi connectivity index (χ0n) is 22.3. The van der Waals surface area contributed by atoms with Gasteiger partial charge < -0.3 is 9.30 Å². The van der Waals surface area contributed by atoms with Crippen LogP contribution in [0.15, 0.2) is 66.1 Å². The number of methoxy groups -OCH3 is 1. The van der Waals surface area contributed by atoms with Gasteiger partial charge in [-0.2, -0.15) is 4.99 Å². The third kappa shape index (κ3) is 7.60. The highest BCUT2D eigenvalue weighted by molar-refractivity contribution is 6.02. The summed E-state index contributed by atoms with van der Waals surface area (Å²) in [4.78, 5) is 20.6. The van der Waals surface area contributed by atoms with Crippen LogP contribution in [0.1, 0.15) is 50.4 Å². The molecule has 1 aliphatic heterocycles. The summed E-state index contributed by atoms with van der Waals surface area (Å²) in [6.45, 7) is 9.58. The quantitative estimate of drug-likeness (QED) is 0.312. The number of nitrogens with zero attached hydrogens (tertiary/aromatic N) is 5. The second-order valence-corrected chi connectivity index (χ2v) is 8.52. The molecule has 0 saturated carbocycles. The number of amides is 1. The molecule has 8 heteroatoms. The molecule has 3 aromatic rings. The van der Waals surface area contributed by atoms with Gasteiger partial charge in [0, 0.05) is 32.8 Å². The maximum Gasteiger partial charge on any atom is 0.244 e. The zero-order chi connectivity index (χ0) is 26.8. The minimum atomic E-state index is -0.264. The van der Waals surface area contributed by atoms with Crippen molar-refractivity contribution in [3.8, 4) is 11.4 Å². The van der Waals surface area contributed by atoms with Crippen LogP contribution in [0.2, 0.25) is 0 Å². The van der Waals surface area contributed by atoms with E-state index in [9.17, 15) is 9.18 Å². The molecule has 4 rings (SSSR count). The van der Waals surface area contributed by atoms with Crippen LogP contribution in [0.5, 0.6) is 5.75 Å². The van der Waals surface area contributed by atoms with E-state index in [0.717, 1.165) is 48.4 Å². The molecule has 1 aliphatic rings. The highest BCUT2D eigenvalue weighted by Crippen LogP contribution is 2.25. The van der Waals surface area contributed by atoms with Crippen LogP contribution in [0, 0.1) is 12.7 Å². The lowest BCUT2D eigenvalue weighted by atomic mass is 10.1. The van der Waals surface area contributed by atoms with Gasteiger partial charge in [-0.3, -0.25) is 9.80 Å². The number of carbonyl (C=O) groups excluding carboxylic acids is 1. The summed E-state index contributed by atoms with van der Waals surface area (Å²) >= 11 is 0. The molecule has 1 aromatic heterocycles. The molecule has 196 valence electrons. The summed E-state index contributed by atoms with van der Waals surface area (Å²) < 4.78 is 20.9. The topological polar surface area (TPSA) is 63.0 Å². The monoisotopic (exact) mass is 505 g/mol. The van der Waals surface area contributed by atoms with Crippen LogP contribution < -0.4 is 4.74 Å². The molecule has 37 heavy (non-hydrogen) atoms. The molecule has 0 radical (unpaired) electrons. The highest BCUT2D eigenvalue weighted by atomic mass is 19.1. The molecule has 0 atom stereocenters. The largest absolute Gasteiger partial charge is 0.495 e. The fraction of sp³-hybridized carbons (Fsp3) is 0.345. The predicted octanol–water partition coefficient (Wildman–Crippen LogP) is 5.83. The van der Waals surface area contributed by atoms with Gasteiger partial charge in [0.05, 0.1) is 24.8 Å². The lowest BCUT2D eigenvalue weighted by Gasteiger charge is -2.40. The molecule has 1 amide bonds. The number of aromatic nitrogens is 2. The van der Waals surface area contributed by atoms with Crippen LogP contribution in [-0.2, 0) is 11.3 Å². The molecule has 7 nitrogen and oxygen atoms in total. The average molecular weight is 506 g/mol. The number of aliphatic imine (C=N–C) groups is 1. The number of hydrogen-bond acceptors (Lipinski definition) is 4. The number of benzene rings is 2. The summed E-state index contributed by atoms with van der Waals surface area (Å²) in [6.07, 6.45) is 9.53. The number of amidine groups is 1. The molecule has 2 heterocycles. The van der Waals surface area contributed by atoms with Gasteiger partial charge in [0.15, 0.2) is 0 Å². The molecule has 0 aliphatic carbocycles. The van der Waals surface area contributed by atoms with E-state index < -0.39 is 0 Å². The summed E-state index contributed by atoms with van der Waals surface area (Å²) in [5, 5.41) is 4.21. The Morgan fingerprint density at radius 1 is 1.14 bits per heavy atom. The molecule has 0 N–H and O–H groups in total. The van der Waals surface area contributed by atoms with E-state index in [1.165, 1.54) is 19.1 Å².